The average Bonchev–Trinajstić information content (AvgIpc) is 2.55. The number of anilines is 1. The first-order valence-electron chi connectivity index (χ1n) is 6.92. The number of H-pyrrole nitrogens is 1. The molecule has 0 atom stereocenters. The van der Waals surface area contributed by atoms with E-state index in [1.54, 1.807) is 0 Å². The number of aromatic nitrogens is 3. The van der Waals surface area contributed by atoms with Gasteiger partial charge < -0.3 is 14.6 Å². The van der Waals surface area contributed by atoms with Gasteiger partial charge in [0.2, 0.25) is 5.56 Å². The highest BCUT2D eigenvalue weighted by Gasteiger charge is 2.37. The van der Waals surface area contributed by atoms with Crippen LogP contribution < -0.4 is 10.5 Å². The third kappa shape index (κ3) is 3.34. The molecule has 0 unspecified atom stereocenters. The zero-order valence-electron chi connectivity index (χ0n) is 11.9. The molecule has 1 aliphatic rings. The molecule has 1 aliphatic heterocycles. The molecular formula is C14H13F3N4O2. The minimum absolute atomic E-state index is 0.0468. The monoisotopic (exact) mass is 326 g/mol. The Kier molecular flexibility index (Phi) is 4.03. The van der Waals surface area contributed by atoms with Crippen molar-refractivity contribution in [2.75, 3.05) is 31.2 Å². The molecule has 0 aromatic carbocycles. The Hall–Kier alpha value is -2.42. The number of rotatable bonds is 2. The molecule has 122 valence electrons. The van der Waals surface area contributed by atoms with Gasteiger partial charge in [0.15, 0.2) is 5.82 Å². The summed E-state index contributed by atoms with van der Waals surface area (Å²) >= 11 is 0. The Bertz CT molecular complexity index is 734. The molecule has 2 aromatic rings. The van der Waals surface area contributed by atoms with Gasteiger partial charge in [-0.25, -0.2) is 0 Å². The van der Waals surface area contributed by atoms with Crippen LogP contribution >= 0.6 is 0 Å². The summed E-state index contributed by atoms with van der Waals surface area (Å²) in [5.74, 6) is -0.200. The summed E-state index contributed by atoms with van der Waals surface area (Å²) in [7, 11) is 0. The molecule has 1 fully saturated rings. The minimum atomic E-state index is -4.56. The van der Waals surface area contributed by atoms with Crippen LogP contribution in [0.25, 0.3) is 11.3 Å². The second kappa shape index (κ2) is 5.99. The third-order valence-electron chi connectivity index (χ3n) is 3.47. The summed E-state index contributed by atoms with van der Waals surface area (Å²) in [6.07, 6.45) is -3.25. The summed E-state index contributed by atoms with van der Waals surface area (Å²) in [4.78, 5) is 15.0. The molecule has 23 heavy (non-hydrogen) atoms. The van der Waals surface area contributed by atoms with Crippen molar-refractivity contribution in [3.05, 3.63) is 40.3 Å². The Balaban J connectivity index is 2.04. The van der Waals surface area contributed by atoms with E-state index in [0.29, 0.717) is 31.9 Å². The highest BCUT2D eigenvalue weighted by molar-refractivity contribution is 5.61. The van der Waals surface area contributed by atoms with Gasteiger partial charge in [-0.1, -0.05) is 0 Å². The largest absolute Gasteiger partial charge is 0.420 e. The number of pyridine rings is 1. The van der Waals surface area contributed by atoms with Crippen LogP contribution in [-0.4, -0.2) is 41.5 Å². The van der Waals surface area contributed by atoms with Crippen LogP contribution in [-0.2, 0) is 10.9 Å². The van der Waals surface area contributed by atoms with Crippen LogP contribution in [0, 0.1) is 0 Å². The smallest absolute Gasteiger partial charge is 0.378 e. The van der Waals surface area contributed by atoms with Gasteiger partial charge >= 0.3 is 6.18 Å². The van der Waals surface area contributed by atoms with Crippen LogP contribution in [0.3, 0.4) is 0 Å². The molecule has 0 radical (unpaired) electrons. The van der Waals surface area contributed by atoms with E-state index < -0.39 is 11.7 Å². The number of aromatic amines is 1. The molecule has 2 aromatic heterocycles. The van der Waals surface area contributed by atoms with Gasteiger partial charge in [-0.05, 0) is 12.1 Å². The fraction of sp³-hybridized carbons (Fsp3) is 0.357. The summed E-state index contributed by atoms with van der Waals surface area (Å²) in [6.45, 7) is 1.35. The first-order valence-corrected chi connectivity index (χ1v) is 6.92. The molecular weight excluding hydrogens is 313 g/mol. The van der Waals surface area contributed by atoms with Crippen LogP contribution in [0.2, 0.25) is 0 Å². The highest BCUT2D eigenvalue weighted by Crippen LogP contribution is 2.37. The fourth-order valence-electron chi connectivity index (χ4n) is 2.31. The minimum Gasteiger partial charge on any atom is -0.378 e. The first-order chi connectivity index (χ1) is 10.9. The van der Waals surface area contributed by atoms with E-state index in [1.807, 2.05) is 0 Å². The maximum Gasteiger partial charge on any atom is 0.420 e. The lowest BCUT2D eigenvalue weighted by atomic mass is 10.1. The quantitative estimate of drug-likeness (QED) is 0.909. The molecule has 0 bridgehead atoms. The lowest BCUT2D eigenvalue weighted by Crippen LogP contribution is -2.38. The van der Waals surface area contributed by atoms with E-state index in [-0.39, 0.29) is 17.1 Å². The molecule has 0 saturated carbocycles. The van der Waals surface area contributed by atoms with E-state index in [0.717, 1.165) is 6.07 Å². The molecule has 0 spiro atoms. The zero-order valence-corrected chi connectivity index (χ0v) is 11.9. The predicted octanol–water partition coefficient (Wildman–Crippen LogP) is 1.69. The normalized spacial score (nSPS) is 15.7. The molecule has 6 nitrogen and oxygen atoms in total. The molecule has 1 saturated heterocycles. The van der Waals surface area contributed by atoms with Gasteiger partial charge in [0.1, 0.15) is 5.56 Å². The number of morpholine rings is 1. The third-order valence-corrected chi connectivity index (χ3v) is 3.47. The van der Waals surface area contributed by atoms with E-state index >= 15 is 0 Å². The standard InChI is InChI=1S/C14H13F3N4O2/c15-14(16,17)10-7-11(9-1-2-12(22)18-8-9)19-20-13(10)21-3-5-23-6-4-21/h1-2,7-8H,3-6H2,(H,18,22). The van der Waals surface area contributed by atoms with Crippen molar-refractivity contribution in [2.24, 2.45) is 0 Å². The van der Waals surface area contributed by atoms with Crippen molar-refractivity contribution in [3.63, 3.8) is 0 Å². The van der Waals surface area contributed by atoms with Crippen LogP contribution in [0.1, 0.15) is 5.56 Å². The lowest BCUT2D eigenvalue weighted by molar-refractivity contribution is -0.137. The molecule has 1 N–H and O–H groups in total. The van der Waals surface area contributed by atoms with Gasteiger partial charge in [0.05, 0.1) is 18.9 Å². The van der Waals surface area contributed by atoms with Crippen molar-refractivity contribution in [2.45, 2.75) is 6.18 Å². The maximum atomic E-state index is 13.4. The molecule has 9 heteroatoms. The van der Waals surface area contributed by atoms with E-state index in [1.165, 1.54) is 23.2 Å². The van der Waals surface area contributed by atoms with Crippen LogP contribution in [0.15, 0.2) is 29.2 Å². The van der Waals surface area contributed by atoms with Gasteiger partial charge in [-0.15, -0.1) is 10.2 Å². The predicted molar refractivity (Wildman–Crippen MR) is 76.1 cm³/mol. The molecule has 3 heterocycles. The van der Waals surface area contributed by atoms with Gasteiger partial charge in [-0.2, -0.15) is 13.2 Å². The topological polar surface area (TPSA) is 71.1 Å². The van der Waals surface area contributed by atoms with Crippen molar-refractivity contribution in [1.82, 2.24) is 15.2 Å². The van der Waals surface area contributed by atoms with E-state index in [2.05, 4.69) is 15.2 Å². The number of nitrogens with one attached hydrogen (secondary N) is 1. The zero-order chi connectivity index (χ0) is 16.4. The van der Waals surface area contributed by atoms with Crippen molar-refractivity contribution in [3.8, 4) is 11.3 Å². The number of alkyl halides is 3. The maximum absolute atomic E-state index is 13.4. The summed E-state index contributed by atoms with van der Waals surface area (Å²) < 4.78 is 45.3. The second-order valence-corrected chi connectivity index (χ2v) is 5.01. The average molecular weight is 326 g/mol. The molecule has 0 amide bonds. The number of halogens is 3. The Labute approximate surface area is 128 Å². The molecule has 0 aliphatic carbocycles. The van der Waals surface area contributed by atoms with Crippen molar-refractivity contribution < 1.29 is 17.9 Å². The van der Waals surface area contributed by atoms with Gasteiger partial charge in [0.25, 0.3) is 0 Å². The lowest BCUT2D eigenvalue weighted by Gasteiger charge is -2.29. The summed E-state index contributed by atoms with van der Waals surface area (Å²) in [5.41, 5.74) is -0.792. The number of ether oxygens (including phenoxy) is 1. The number of hydrogen-bond acceptors (Lipinski definition) is 5. The van der Waals surface area contributed by atoms with E-state index in [9.17, 15) is 18.0 Å². The van der Waals surface area contributed by atoms with E-state index in [4.69, 9.17) is 4.74 Å². The van der Waals surface area contributed by atoms with Crippen molar-refractivity contribution >= 4 is 5.82 Å². The second-order valence-electron chi connectivity index (χ2n) is 5.01. The Morgan fingerprint density at radius 3 is 2.52 bits per heavy atom. The molecule has 3 rings (SSSR count). The highest BCUT2D eigenvalue weighted by atomic mass is 19.4. The van der Waals surface area contributed by atoms with Crippen LogP contribution in [0.4, 0.5) is 19.0 Å². The van der Waals surface area contributed by atoms with Crippen LogP contribution in [0.5, 0.6) is 0 Å². The first kappa shape index (κ1) is 15.5. The van der Waals surface area contributed by atoms with Gasteiger partial charge in [-0.3, -0.25) is 4.79 Å². The Morgan fingerprint density at radius 1 is 1.17 bits per heavy atom. The summed E-state index contributed by atoms with van der Waals surface area (Å²) in [6, 6.07) is 3.57. The fourth-order valence-corrected chi connectivity index (χ4v) is 2.31. The SMILES string of the molecule is O=c1ccc(-c2cc(C(F)(F)F)c(N3CCOCC3)nn2)c[nH]1. The Morgan fingerprint density at radius 2 is 1.91 bits per heavy atom. The summed E-state index contributed by atoms with van der Waals surface area (Å²) in [5, 5.41) is 7.65. The number of hydrogen-bond donors (Lipinski definition) is 1. The number of nitrogens with zero attached hydrogens (tertiary/aromatic N) is 3. The van der Waals surface area contributed by atoms with Gasteiger partial charge in [0, 0.05) is 30.9 Å². The van der Waals surface area contributed by atoms with Crippen molar-refractivity contribution in [1.29, 1.82) is 0 Å².